The molecule has 2 aromatic rings. The number of aryl methyl sites for hydroxylation is 1. The van der Waals surface area contributed by atoms with Crippen molar-refractivity contribution in [1.82, 2.24) is 4.90 Å². The monoisotopic (exact) mass is 360 g/mol. The predicted molar refractivity (Wildman–Crippen MR) is 92.1 cm³/mol. The fourth-order valence-corrected chi connectivity index (χ4v) is 2.78. The molecule has 1 aliphatic heterocycles. The Morgan fingerprint density at radius 3 is 2.50 bits per heavy atom. The van der Waals surface area contributed by atoms with Crippen LogP contribution in [0.3, 0.4) is 0 Å². The van der Waals surface area contributed by atoms with E-state index in [2.05, 4.69) is 5.32 Å². The molecule has 0 bridgehead atoms. The minimum atomic E-state index is -1.07. The maximum Gasteiger partial charge on any atom is 0.254 e. The van der Waals surface area contributed by atoms with Crippen LogP contribution < -0.4 is 10.1 Å². The van der Waals surface area contributed by atoms with Crippen molar-refractivity contribution in [2.75, 3.05) is 25.5 Å². The summed E-state index contributed by atoms with van der Waals surface area (Å²) in [5, 5.41) is 2.81. The van der Waals surface area contributed by atoms with Gasteiger partial charge >= 0.3 is 0 Å². The van der Waals surface area contributed by atoms with Crippen molar-refractivity contribution in [3.8, 4) is 5.75 Å². The number of halogens is 2. The molecule has 1 fully saturated rings. The van der Waals surface area contributed by atoms with Crippen molar-refractivity contribution < 1.29 is 23.1 Å². The first-order chi connectivity index (χ1) is 12.4. The summed E-state index contributed by atoms with van der Waals surface area (Å²) in [5.74, 6) is -2.54. The second-order valence-electron chi connectivity index (χ2n) is 6.23. The van der Waals surface area contributed by atoms with Gasteiger partial charge in [-0.3, -0.25) is 9.59 Å². The van der Waals surface area contributed by atoms with Gasteiger partial charge in [-0.1, -0.05) is 6.07 Å². The fourth-order valence-electron chi connectivity index (χ4n) is 2.78. The van der Waals surface area contributed by atoms with E-state index in [1.54, 1.807) is 12.1 Å². The molecule has 0 aliphatic carbocycles. The van der Waals surface area contributed by atoms with E-state index in [0.29, 0.717) is 11.4 Å². The first-order valence-electron chi connectivity index (χ1n) is 8.09. The van der Waals surface area contributed by atoms with Crippen LogP contribution in [0.5, 0.6) is 5.75 Å². The lowest BCUT2D eigenvalue weighted by Gasteiger charge is -2.38. The summed E-state index contributed by atoms with van der Waals surface area (Å²) in [6, 6.07) is 8.45. The minimum absolute atomic E-state index is 0.0584. The van der Waals surface area contributed by atoms with Crippen LogP contribution in [0.25, 0.3) is 0 Å². The number of rotatable bonds is 4. The zero-order valence-electron chi connectivity index (χ0n) is 14.4. The topological polar surface area (TPSA) is 58.6 Å². The summed E-state index contributed by atoms with van der Waals surface area (Å²) in [4.78, 5) is 26.0. The molecular formula is C19H18F2N2O3. The van der Waals surface area contributed by atoms with Crippen LogP contribution in [-0.2, 0) is 4.79 Å². The van der Waals surface area contributed by atoms with Gasteiger partial charge in [0.05, 0.1) is 18.7 Å². The molecule has 1 heterocycles. The molecule has 136 valence electrons. The van der Waals surface area contributed by atoms with E-state index in [4.69, 9.17) is 4.74 Å². The lowest BCUT2D eigenvalue weighted by Crippen LogP contribution is -2.54. The fraction of sp³-hybridized carbons (Fsp3) is 0.263. The number of nitrogens with zero attached hydrogens (tertiary/aromatic N) is 1. The van der Waals surface area contributed by atoms with Crippen molar-refractivity contribution in [2.24, 2.45) is 5.92 Å². The number of amides is 2. The van der Waals surface area contributed by atoms with E-state index in [0.717, 1.165) is 17.7 Å². The highest BCUT2D eigenvalue weighted by molar-refractivity contribution is 5.99. The maximum atomic E-state index is 13.3. The van der Waals surface area contributed by atoms with Gasteiger partial charge < -0.3 is 15.0 Å². The summed E-state index contributed by atoms with van der Waals surface area (Å²) in [6.07, 6.45) is 0. The molecule has 1 N–H and O–H groups in total. The smallest absolute Gasteiger partial charge is 0.254 e. The van der Waals surface area contributed by atoms with Gasteiger partial charge in [0.15, 0.2) is 11.6 Å². The predicted octanol–water partition coefficient (Wildman–Crippen LogP) is 2.99. The standard InChI is InChI=1S/C19H18F2N2O3/c1-11-3-6-17(26-2)16(7-11)22-18(24)13-9-23(10-13)19(25)12-4-5-14(20)15(21)8-12/h3-8,13H,9-10H2,1-2H3,(H,22,24). The Kier molecular flexibility index (Phi) is 4.88. The molecule has 0 saturated carbocycles. The number of likely N-dealkylation sites (tertiary alicyclic amines) is 1. The van der Waals surface area contributed by atoms with Gasteiger partial charge in [-0.05, 0) is 42.8 Å². The molecule has 0 spiro atoms. The van der Waals surface area contributed by atoms with Gasteiger partial charge in [-0.25, -0.2) is 8.78 Å². The highest BCUT2D eigenvalue weighted by atomic mass is 19.2. The molecule has 0 aromatic heterocycles. The molecule has 5 nitrogen and oxygen atoms in total. The first-order valence-corrected chi connectivity index (χ1v) is 8.09. The molecule has 7 heteroatoms. The largest absolute Gasteiger partial charge is 0.495 e. The third-order valence-corrected chi connectivity index (χ3v) is 4.32. The Morgan fingerprint density at radius 1 is 1.12 bits per heavy atom. The van der Waals surface area contributed by atoms with Crippen molar-refractivity contribution in [2.45, 2.75) is 6.92 Å². The zero-order valence-corrected chi connectivity index (χ0v) is 14.4. The Hall–Kier alpha value is -2.96. The van der Waals surface area contributed by atoms with Gasteiger partial charge in [-0.15, -0.1) is 0 Å². The number of benzene rings is 2. The van der Waals surface area contributed by atoms with Crippen LogP contribution >= 0.6 is 0 Å². The van der Waals surface area contributed by atoms with E-state index in [-0.39, 0.29) is 30.5 Å². The number of ether oxygens (including phenoxy) is 1. The number of nitrogens with one attached hydrogen (secondary N) is 1. The Morgan fingerprint density at radius 2 is 1.85 bits per heavy atom. The maximum absolute atomic E-state index is 13.3. The normalized spacial score (nSPS) is 13.9. The third kappa shape index (κ3) is 3.51. The summed E-state index contributed by atoms with van der Waals surface area (Å²) >= 11 is 0. The summed E-state index contributed by atoms with van der Waals surface area (Å²) in [5.41, 5.74) is 1.61. The summed E-state index contributed by atoms with van der Waals surface area (Å²) in [6.45, 7) is 2.34. The van der Waals surface area contributed by atoms with Crippen molar-refractivity contribution >= 4 is 17.5 Å². The Bertz CT molecular complexity index is 864. The number of hydrogen-bond donors (Lipinski definition) is 1. The Balaban J connectivity index is 1.61. The van der Waals surface area contributed by atoms with Gasteiger partial charge in [0, 0.05) is 18.7 Å². The van der Waals surface area contributed by atoms with Crippen LogP contribution in [0.4, 0.5) is 14.5 Å². The van der Waals surface area contributed by atoms with Crippen LogP contribution in [0.1, 0.15) is 15.9 Å². The number of hydrogen-bond acceptors (Lipinski definition) is 3. The number of carbonyl (C=O) groups excluding carboxylic acids is 2. The molecule has 0 unspecified atom stereocenters. The number of anilines is 1. The second kappa shape index (κ2) is 7.11. The SMILES string of the molecule is COc1ccc(C)cc1NC(=O)C1CN(C(=O)c2ccc(F)c(F)c2)C1. The number of methoxy groups -OCH3 is 1. The van der Waals surface area contributed by atoms with E-state index in [1.165, 1.54) is 18.1 Å². The summed E-state index contributed by atoms with van der Waals surface area (Å²) < 4.78 is 31.4. The molecule has 0 radical (unpaired) electrons. The van der Waals surface area contributed by atoms with Gasteiger partial charge in [0.25, 0.3) is 5.91 Å². The van der Waals surface area contributed by atoms with Gasteiger partial charge in [0.1, 0.15) is 5.75 Å². The van der Waals surface area contributed by atoms with Gasteiger partial charge in [0.2, 0.25) is 5.91 Å². The molecule has 1 saturated heterocycles. The van der Waals surface area contributed by atoms with E-state index in [9.17, 15) is 18.4 Å². The molecule has 1 aliphatic rings. The quantitative estimate of drug-likeness (QED) is 0.912. The average molecular weight is 360 g/mol. The molecular weight excluding hydrogens is 342 g/mol. The summed E-state index contributed by atoms with van der Waals surface area (Å²) in [7, 11) is 1.52. The molecule has 3 rings (SSSR count). The second-order valence-corrected chi connectivity index (χ2v) is 6.23. The highest BCUT2D eigenvalue weighted by Crippen LogP contribution is 2.27. The lowest BCUT2D eigenvalue weighted by molar-refractivity contribution is -0.123. The number of carbonyl (C=O) groups is 2. The highest BCUT2D eigenvalue weighted by Gasteiger charge is 2.36. The van der Waals surface area contributed by atoms with Crippen LogP contribution in [-0.4, -0.2) is 36.9 Å². The van der Waals surface area contributed by atoms with E-state index >= 15 is 0 Å². The average Bonchev–Trinajstić information content (AvgIpc) is 2.56. The van der Waals surface area contributed by atoms with E-state index in [1.807, 2.05) is 13.0 Å². The first kappa shape index (κ1) is 17.8. The van der Waals surface area contributed by atoms with Crippen LogP contribution in [0, 0.1) is 24.5 Å². The van der Waals surface area contributed by atoms with Crippen molar-refractivity contribution in [3.63, 3.8) is 0 Å². The molecule has 0 atom stereocenters. The molecule has 26 heavy (non-hydrogen) atoms. The minimum Gasteiger partial charge on any atom is -0.495 e. The van der Waals surface area contributed by atoms with Gasteiger partial charge in [-0.2, -0.15) is 0 Å². The van der Waals surface area contributed by atoms with E-state index < -0.39 is 17.5 Å². The van der Waals surface area contributed by atoms with Crippen LogP contribution in [0.2, 0.25) is 0 Å². The zero-order chi connectivity index (χ0) is 18.8. The lowest BCUT2D eigenvalue weighted by atomic mass is 9.97. The molecule has 2 amide bonds. The van der Waals surface area contributed by atoms with Crippen LogP contribution in [0.15, 0.2) is 36.4 Å². The van der Waals surface area contributed by atoms with Crippen molar-refractivity contribution in [3.05, 3.63) is 59.2 Å². The Labute approximate surface area is 149 Å². The third-order valence-electron chi connectivity index (χ3n) is 4.32. The van der Waals surface area contributed by atoms with Crippen molar-refractivity contribution in [1.29, 1.82) is 0 Å². The molecule has 2 aromatic carbocycles.